The van der Waals surface area contributed by atoms with E-state index < -0.39 is 0 Å². The normalized spacial score (nSPS) is 10.8. The van der Waals surface area contributed by atoms with Gasteiger partial charge in [-0.15, -0.1) is 0 Å². The number of nitrogens with zero attached hydrogens (tertiary/aromatic N) is 2. The number of anilines is 1. The Morgan fingerprint density at radius 2 is 1.81 bits per heavy atom. The first kappa shape index (κ1) is 12.8. The van der Waals surface area contributed by atoms with Gasteiger partial charge in [-0.05, 0) is 45.1 Å². The van der Waals surface area contributed by atoms with Gasteiger partial charge in [-0.25, -0.2) is 0 Å². The third kappa shape index (κ3) is 3.74. The highest BCUT2D eigenvalue weighted by Crippen LogP contribution is 2.24. The van der Waals surface area contributed by atoms with Crippen LogP contribution in [-0.2, 0) is 6.42 Å². The largest absolute Gasteiger partial charge is 0.508 e. The summed E-state index contributed by atoms with van der Waals surface area (Å²) >= 11 is 0. The molecule has 1 aromatic carbocycles. The van der Waals surface area contributed by atoms with Crippen LogP contribution >= 0.6 is 0 Å². The zero-order valence-electron chi connectivity index (χ0n) is 10.7. The van der Waals surface area contributed by atoms with Crippen molar-refractivity contribution in [1.82, 2.24) is 4.90 Å². The number of phenolic OH excluding ortho intramolecular Hbond substituents is 1. The summed E-state index contributed by atoms with van der Waals surface area (Å²) in [5, 5.41) is 9.87. The Labute approximate surface area is 98.3 Å². The fourth-order valence-corrected chi connectivity index (χ4v) is 1.63. The van der Waals surface area contributed by atoms with Crippen LogP contribution in [0.5, 0.6) is 5.75 Å². The topological polar surface area (TPSA) is 26.7 Å². The highest BCUT2D eigenvalue weighted by atomic mass is 16.3. The number of rotatable bonds is 5. The molecule has 16 heavy (non-hydrogen) atoms. The zero-order chi connectivity index (χ0) is 12.1. The van der Waals surface area contributed by atoms with Crippen molar-refractivity contribution in [1.29, 1.82) is 0 Å². The average molecular weight is 222 g/mol. The first-order valence-corrected chi connectivity index (χ1v) is 5.64. The summed E-state index contributed by atoms with van der Waals surface area (Å²) < 4.78 is 0. The molecule has 0 aliphatic carbocycles. The monoisotopic (exact) mass is 222 g/mol. The molecule has 0 bridgehead atoms. The van der Waals surface area contributed by atoms with Crippen LogP contribution in [0.3, 0.4) is 0 Å². The van der Waals surface area contributed by atoms with Crippen molar-refractivity contribution in [3.63, 3.8) is 0 Å². The maximum absolute atomic E-state index is 9.87. The lowest BCUT2D eigenvalue weighted by molar-refractivity contribution is 0.397. The van der Waals surface area contributed by atoms with E-state index in [0.29, 0.717) is 5.75 Å². The lowest BCUT2D eigenvalue weighted by atomic mass is 10.1. The molecule has 0 radical (unpaired) electrons. The Balaban J connectivity index is 2.61. The van der Waals surface area contributed by atoms with Gasteiger partial charge in [0, 0.05) is 25.8 Å². The van der Waals surface area contributed by atoms with Crippen LogP contribution in [0.4, 0.5) is 5.69 Å². The van der Waals surface area contributed by atoms with E-state index in [0.717, 1.165) is 30.6 Å². The van der Waals surface area contributed by atoms with Crippen LogP contribution in [-0.4, -0.2) is 44.7 Å². The number of aromatic hydroxyl groups is 1. The lowest BCUT2D eigenvalue weighted by Gasteiger charge is -2.14. The number of phenols is 1. The quantitative estimate of drug-likeness (QED) is 0.825. The summed E-state index contributed by atoms with van der Waals surface area (Å²) in [4.78, 5) is 4.15. The van der Waals surface area contributed by atoms with Gasteiger partial charge in [0.05, 0.1) is 0 Å². The van der Waals surface area contributed by atoms with Crippen molar-refractivity contribution in [3.8, 4) is 5.75 Å². The maximum atomic E-state index is 9.87. The van der Waals surface area contributed by atoms with Crippen LogP contribution in [0.25, 0.3) is 0 Å². The van der Waals surface area contributed by atoms with Crippen molar-refractivity contribution in [2.45, 2.75) is 12.8 Å². The smallest absolute Gasteiger partial charge is 0.120 e. The van der Waals surface area contributed by atoms with Gasteiger partial charge < -0.3 is 14.9 Å². The molecular formula is C13H22N2O. The predicted molar refractivity (Wildman–Crippen MR) is 69.3 cm³/mol. The molecule has 0 aromatic heterocycles. The van der Waals surface area contributed by atoms with Crippen molar-refractivity contribution in [3.05, 3.63) is 23.8 Å². The van der Waals surface area contributed by atoms with Crippen molar-refractivity contribution < 1.29 is 5.11 Å². The molecule has 1 aromatic rings. The molecule has 0 unspecified atom stereocenters. The molecule has 1 N–H and O–H groups in total. The van der Waals surface area contributed by atoms with Gasteiger partial charge in [0.2, 0.25) is 0 Å². The molecule has 0 saturated heterocycles. The fraction of sp³-hybridized carbons (Fsp3) is 0.538. The molecule has 0 saturated carbocycles. The second kappa shape index (κ2) is 5.75. The van der Waals surface area contributed by atoms with Gasteiger partial charge in [0.25, 0.3) is 0 Å². The van der Waals surface area contributed by atoms with E-state index in [1.54, 1.807) is 0 Å². The third-order valence-corrected chi connectivity index (χ3v) is 2.64. The molecule has 3 heteroatoms. The summed E-state index contributed by atoms with van der Waals surface area (Å²) in [7, 11) is 8.07. The Kier molecular flexibility index (Phi) is 4.62. The molecule has 0 aliphatic heterocycles. The van der Waals surface area contributed by atoms with Crippen molar-refractivity contribution in [2.24, 2.45) is 0 Å². The van der Waals surface area contributed by atoms with Crippen LogP contribution in [0.2, 0.25) is 0 Å². The minimum atomic E-state index is 0.407. The van der Waals surface area contributed by atoms with E-state index >= 15 is 0 Å². The lowest BCUT2D eigenvalue weighted by Crippen LogP contribution is -2.13. The van der Waals surface area contributed by atoms with Crippen molar-refractivity contribution >= 4 is 5.69 Å². The number of hydrogen-bond donors (Lipinski definition) is 1. The number of aryl methyl sites for hydroxylation is 1. The van der Waals surface area contributed by atoms with Gasteiger partial charge in [-0.3, -0.25) is 0 Å². The molecule has 0 heterocycles. The second-order valence-electron chi connectivity index (χ2n) is 4.61. The minimum Gasteiger partial charge on any atom is -0.508 e. The number of hydrogen-bond acceptors (Lipinski definition) is 3. The van der Waals surface area contributed by atoms with Crippen LogP contribution < -0.4 is 4.90 Å². The van der Waals surface area contributed by atoms with E-state index in [-0.39, 0.29) is 0 Å². The Bertz CT molecular complexity index is 335. The van der Waals surface area contributed by atoms with E-state index in [4.69, 9.17) is 0 Å². The SMILES string of the molecule is CN(C)CCCc1ccc(N(C)C)cc1O. The molecule has 1 rings (SSSR count). The van der Waals surface area contributed by atoms with Gasteiger partial charge >= 0.3 is 0 Å². The third-order valence-electron chi connectivity index (χ3n) is 2.64. The van der Waals surface area contributed by atoms with Gasteiger partial charge in [-0.1, -0.05) is 6.07 Å². The molecule has 0 aliphatic rings. The second-order valence-corrected chi connectivity index (χ2v) is 4.61. The summed E-state index contributed by atoms with van der Waals surface area (Å²) in [6, 6.07) is 5.88. The highest BCUT2D eigenvalue weighted by molar-refractivity contribution is 5.52. The first-order valence-electron chi connectivity index (χ1n) is 5.64. The summed E-state index contributed by atoms with van der Waals surface area (Å²) in [5.74, 6) is 0.407. The van der Waals surface area contributed by atoms with Crippen molar-refractivity contribution in [2.75, 3.05) is 39.6 Å². The fourth-order valence-electron chi connectivity index (χ4n) is 1.63. The van der Waals surface area contributed by atoms with E-state index in [1.807, 2.05) is 37.2 Å². The Hall–Kier alpha value is -1.22. The summed E-state index contributed by atoms with van der Waals surface area (Å²) in [5.41, 5.74) is 2.07. The van der Waals surface area contributed by atoms with E-state index in [2.05, 4.69) is 19.0 Å². The molecule has 0 atom stereocenters. The number of benzene rings is 1. The Morgan fingerprint density at radius 3 is 2.31 bits per heavy atom. The predicted octanol–water partition coefficient (Wildman–Crippen LogP) is 1.95. The van der Waals surface area contributed by atoms with Gasteiger partial charge in [0.1, 0.15) is 5.75 Å². The molecular weight excluding hydrogens is 200 g/mol. The van der Waals surface area contributed by atoms with Gasteiger partial charge in [0.15, 0.2) is 0 Å². The maximum Gasteiger partial charge on any atom is 0.120 e. The molecule has 0 spiro atoms. The van der Waals surface area contributed by atoms with Crippen LogP contribution in [0.15, 0.2) is 18.2 Å². The van der Waals surface area contributed by atoms with Crippen LogP contribution in [0.1, 0.15) is 12.0 Å². The highest BCUT2D eigenvalue weighted by Gasteiger charge is 2.04. The first-order chi connectivity index (χ1) is 7.50. The molecule has 90 valence electrons. The molecule has 3 nitrogen and oxygen atoms in total. The van der Waals surface area contributed by atoms with E-state index in [1.165, 1.54) is 0 Å². The van der Waals surface area contributed by atoms with Crippen LogP contribution in [0, 0.1) is 0 Å². The summed E-state index contributed by atoms with van der Waals surface area (Å²) in [6.07, 6.45) is 2.00. The Morgan fingerprint density at radius 1 is 1.12 bits per heavy atom. The van der Waals surface area contributed by atoms with Gasteiger partial charge in [-0.2, -0.15) is 0 Å². The van der Waals surface area contributed by atoms with E-state index in [9.17, 15) is 5.11 Å². The summed E-state index contributed by atoms with van der Waals surface area (Å²) in [6.45, 7) is 1.05. The standard InChI is InChI=1S/C13H22N2O/c1-14(2)9-5-6-11-7-8-12(15(3)4)10-13(11)16/h7-8,10,16H,5-6,9H2,1-4H3. The molecule has 0 amide bonds. The molecule has 0 fully saturated rings. The zero-order valence-corrected chi connectivity index (χ0v) is 10.7. The minimum absolute atomic E-state index is 0.407. The average Bonchev–Trinajstić information content (AvgIpc) is 2.19.